The number of aryl methyl sites for hydroxylation is 1. The van der Waals surface area contributed by atoms with Gasteiger partial charge in [0.15, 0.2) is 0 Å². The number of pyridine rings is 1. The van der Waals surface area contributed by atoms with Crippen LogP contribution in [0.15, 0.2) is 12.1 Å². The number of likely N-dealkylation sites (tertiary alicyclic amines) is 1. The van der Waals surface area contributed by atoms with Gasteiger partial charge in [-0.3, -0.25) is 4.79 Å². The fraction of sp³-hybridized carbons (Fsp3) is 0.462. The van der Waals surface area contributed by atoms with Crippen molar-refractivity contribution < 1.29 is 14.3 Å². The summed E-state index contributed by atoms with van der Waals surface area (Å²) in [5.74, 6) is -0.581. The Morgan fingerprint density at radius 1 is 1.47 bits per heavy atom. The molecular weight excluding hydrogens is 268 g/mol. The maximum atomic E-state index is 12.4. The van der Waals surface area contributed by atoms with Crippen LogP contribution in [0.25, 0.3) is 0 Å². The summed E-state index contributed by atoms with van der Waals surface area (Å²) >= 11 is 5.85. The SMILES string of the molecule is COC(=O)C1CCCN1C(=O)c1cc(C)nc(Cl)c1. The van der Waals surface area contributed by atoms with E-state index in [-0.39, 0.29) is 17.0 Å². The standard InChI is InChI=1S/C13H15ClN2O3/c1-8-6-9(7-11(14)15-8)12(17)16-5-3-4-10(16)13(18)19-2/h6-7,10H,3-5H2,1-2H3. The first kappa shape index (κ1) is 13.8. The minimum Gasteiger partial charge on any atom is -0.467 e. The second-order valence-electron chi connectivity index (χ2n) is 4.50. The van der Waals surface area contributed by atoms with Crippen molar-refractivity contribution in [2.45, 2.75) is 25.8 Å². The van der Waals surface area contributed by atoms with Crippen LogP contribution in [0.1, 0.15) is 28.9 Å². The van der Waals surface area contributed by atoms with E-state index in [0.29, 0.717) is 24.2 Å². The predicted octanol–water partition coefficient (Wildman–Crippen LogP) is 1.82. The molecule has 1 atom stereocenters. The van der Waals surface area contributed by atoms with Crippen molar-refractivity contribution in [3.8, 4) is 0 Å². The Hall–Kier alpha value is -1.62. The number of carbonyl (C=O) groups is 2. The topological polar surface area (TPSA) is 59.5 Å². The average molecular weight is 283 g/mol. The minimum atomic E-state index is -0.496. The molecule has 1 saturated heterocycles. The Morgan fingerprint density at radius 3 is 2.84 bits per heavy atom. The van der Waals surface area contributed by atoms with E-state index in [4.69, 9.17) is 16.3 Å². The number of aromatic nitrogens is 1. The molecule has 1 amide bonds. The molecule has 0 spiro atoms. The molecule has 2 rings (SSSR count). The molecule has 19 heavy (non-hydrogen) atoms. The van der Waals surface area contributed by atoms with E-state index in [1.807, 2.05) is 0 Å². The summed E-state index contributed by atoms with van der Waals surface area (Å²) in [6, 6.07) is 2.69. The molecule has 1 aromatic heterocycles. The van der Waals surface area contributed by atoms with E-state index in [1.54, 1.807) is 13.0 Å². The minimum absolute atomic E-state index is 0.208. The predicted molar refractivity (Wildman–Crippen MR) is 70.1 cm³/mol. The zero-order valence-electron chi connectivity index (χ0n) is 10.9. The Bertz CT molecular complexity index is 498. The lowest BCUT2D eigenvalue weighted by Gasteiger charge is -2.22. The molecular formula is C13H15ClN2O3. The van der Waals surface area contributed by atoms with Gasteiger partial charge in [0.2, 0.25) is 0 Å². The van der Waals surface area contributed by atoms with Gasteiger partial charge in [-0.05, 0) is 31.9 Å². The Labute approximate surface area is 116 Å². The van der Waals surface area contributed by atoms with E-state index >= 15 is 0 Å². The van der Waals surface area contributed by atoms with Crippen LogP contribution in [0.4, 0.5) is 0 Å². The molecule has 1 unspecified atom stereocenters. The molecule has 0 saturated carbocycles. The molecule has 1 fully saturated rings. The van der Waals surface area contributed by atoms with Crippen molar-refractivity contribution in [2.24, 2.45) is 0 Å². The fourth-order valence-electron chi connectivity index (χ4n) is 2.31. The lowest BCUT2D eigenvalue weighted by Crippen LogP contribution is -2.41. The molecule has 1 aliphatic rings. The van der Waals surface area contributed by atoms with Gasteiger partial charge in [-0.1, -0.05) is 11.6 Å². The van der Waals surface area contributed by atoms with Crippen LogP contribution in [0.2, 0.25) is 5.15 Å². The van der Waals surface area contributed by atoms with Crippen LogP contribution in [0.3, 0.4) is 0 Å². The van der Waals surface area contributed by atoms with Gasteiger partial charge in [-0.15, -0.1) is 0 Å². The van der Waals surface area contributed by atoms with Crippen molar-refractivity contribution >= 4 is 23.5 Å². The van der Waals surface area contributed by atoms with Crippen LogP contribution >= 0.6 is 11.6 Å². The fourth-order valence-corrected chi connectivity index (χ4v) is 2.56. The smallest absolute Gasteiger partial charge is 0.328 e. The van der Waals surface area contributed by atoms with E-state index < -0.39 is 6.04 Å². The van der Waals surface area contributed by atoms with Gasteiger partial charge in [-0.25, -0.2) is 9.78 Å². The Morgan fingerprint density at radius 2 is 2.21 bits per heavy atom. The first-order chi connectivity index (χ1) is 9.02. The molecule has 5 nitrogen and oxygen atoms in total. The summed E-state index contributed by atoms with van der Waals surface area (Å²) in [4.78, 5) is 29.6. The lowest BCUT2D eigenvalue weighted by molar-refractivity contribution is -0.145. The van der Waals surface area contributed by atoms with E-state index in [2.05, 4.69) is 4.98 Å². The first-order valence-electron chi connectivity index (χ1n) is 6.06. The molecule has 0 N–H and O–H groups in total. The van der Waals surface area contributed by atoms with E-state index in [0.717, 1.165) is 6.42 Å². The molecule has 0 aliphatic carbocycles. The molecule has 0 bridgehead atoms. The summed E-state index contributed by atoms with van der Waals surface area (Å²) in [6.07, 6.45) is 1.43. The summed E-state index contributed by atoms with van der Waals surface area (Å²) in [5, 5.41) is 0.275. The summed E-state index contributed by atoms with van der Waals surface area (Å²) in [7, 11) is 1.33. The van der Waals surface area contributed by atoms with Crippen LogP contribution in [0.5, 0.6) is 0 Å². The van der Waals surface area contributed by atoms with E-state index in [1.165, 1.54) is 18.1 Å². The van der Waals surface area contributed by atoms with Gasteiger partial charge in [-0.2, -0.15) is 0 Å². The van der Waals surface area contributed by atoms with Crippen LogP contribution < -0.4 is 0 Å². The lowest BCUT2D eigenvalue weighted by atomic mass is 10.2. The van der Waals surface area contributed by atoms with Gasteiger partial charge in [0.25, 0.3) is 5.91 Å². The van der Waals surface area contributed by atoms with Crippen molar-refractivity contribution in [2.75, 3.05) is 13.7 Å². The monoisotopic (exact) mass is 282 g/mol. The largest absolute Gasteiger partial charge is 0.467 e. The van der Waals surface area contributed by atoms with E-state index in [9.17, 15) is 9.59 Å². The van der Waals surface area contributed by atoms with Crippen molar-refractivity contribution in [1.82, 2.24) is 9.88 Å². The Kier molecular flexibility index (Phi) is 4.04. The second kappa shape index (κ2) is 5.57. The van der Waals surface area contributed by atoms with Gasteiger partial charge in [0, 0.05) is 17.8 Å². The number of nitrogens with zero attached hydrogens (tertiary/aromatic N) is 2. The summed E-state index contributed by atoms with van der Waals surface area (Å²) in [5.41, 5.74) is 1.12. The highest BCUT2D eigenvalue weighted by Crippen LogP contribution is 2.22. The second-order valence-corrected chi connectivity index (χ2v) is 4.89. The summed E-state index contributed by atoms with van der Waals surface area (Å²) < 4.78 is 4.73. The highest BCUT2D eigenvalue weighted by molar-refractivity contribution is 6.29. The number of rotatable bonds is 2. The van der Waals surface area contributed by atoms with Crippen molar-refractivity contribution in [3.63, 3.8) is 0 Å². The first-order valence-corrected chi connectivity index (χ1v) is 6.43. The number of ether oxygens (including phenoxy) is 1. The number of hydrogen-bond acceptors (Lipinski definition) is 4. The molecule has 102 valence electrons. The average Bonchev–Trinajstić information content (AvgIpc) is 2.84. The summed E-state index contributed by atoms with van der Waals surface area (Å²) in [6.45, 7) is 2.32. The molecule has 2 heterocycles. The van der Waals surface area contributed by atoms with Crippen LogP contribution in [0, 0.1) is 6.92 Å². The maximum absolute atomic E-state index is 12.4. The quantitative estimate of drug-likeness (QED) is 0.613. The third kappa shape index (κ3) is 2.87. The number of hydrogen-bond donors (Lipinski definition) is 0. The zero-order chi connectivity index (χ0) is 14.0. The molecule has 6 heteroatoms. The zero-order valence-corrected chi connectivity index (χ0v) is 11.6. The number of carbonyl (C=O) groups excluding carboxylic acids is 2. The van der Waals surface area contributed by atoms with Crippen molar-refractivity contribution in [1.29, 1.82) is 0 Å². The number of esters is 1. The molecule has 0 radical (unpaired) electrons. The van der Waals surface area contributed by atoms with Crippen molar-refractivity contribution in [3.05, 3.63) is 28.5 Å². The van der Waals surface area contributed by atoms with Gasteiger partial charge in [0.1, 0.15) is 11.2 Å². The molecule has 1 aliphatic heterocycles. The van der Waals surface area contributed by atoms with Crippen LogP contribution in [-0.2, 0) is 9.53 Å². The molecule has 0 aromatic carbocycles. The number of methoxy groups -OCH3 is 1. The number of amides is 1. The third-order valence-electron chi connectivity index (χ3n) is 3.16. The normalized spacial score (nSPS) is 18.5. The Balaban J connectivity index is 2.25. The third-order valence-corrected chi connectivity index (χ3v) is 3.35. The van der Waals surface area contributed by atoms with Gasteiger partial charge in [0.05, 0.1) is 7.11 Å². The highest BCUT2D eigenvalue weighted by Gasteiger charge is 2.35. The van der Waals surface area contributed by atoms with Crippen LogP contribution in [-0.4, -0.2) is 41.5 Å². The van der Waals surface area contributed by atoms with Gasteiger partial charge < -0.3 is 9.64 Å². The maximum Gasteiger partial charge on any atom is 0.328 e. The van der Waals surface area contributed by atoms with Gasteiger partial charge >= 0.3 is 5.97 Å². The molecule has 1 aromatic rings. The number of halogens is 1. The highest BCUT2D eigenvalue weighted by atomic mass is 35.5.